The minimum absolute atomic E-state index is 0.0645. The minimum Gasteiger partial charge on any atom is -0.509 e. The summed E-state index contributed by atoms with van der Waals surface area (Å²) >= 11 is 0. The maximum atomic E-state index is 12.0. The standard InChI is InChI=1S/C16H21NO3/c1-5-12(7-6-11(2)18)17-10-13-14(19)8-16(3,4)9-15(13)20/h5-7,10,17-18H,2,8-9H2,1,3-4H3/b7-6-,12-5+. The number of hydrogen-bond donors (Lipinski definition) is 2. The van der Waals surface area contributed by atoms with Crippen LogP contribution in [0.15, 0.2) is 48.0 Å². The number of allylic oxidation sites excluding steroid dienone is 4. The van der Waals surface area contributed by atoms with Gasteiger partial charge in [0, 0.05) is 24.7 Å². The van der Waals surface area contributed by atoms with E-state index in [1.165, 1.54) is 12.3 Å². The first-order chi connectivity index (χ1) is 9.25. The van der Waals surface area contributed by atoms with E-state index in [1.54, 1.807) is 19.1 Å². The second-order valence-electron chi connectivity index (χ2n) is 5.64. The normalized spacial score (nSPS) is 19.4. The zero-order chi connectivity index (χ0) is 15.3. The number of aliphatic hydroxyl groups is 1. The summed E-state index contributed by atoms with van der Waals surface area (Å²) in [5, 5.41) is 11.9. The number of ketones is 2. The van der Waals surface area contributed by atoms with Crippen molar-refractivity contribution in [2.75, 3.05) is 0 Å². The molecule has 1 rings (SSSR count). The summed E-state index contributed by atoms with van der Waals surface area (Å²) in [5.74, 6) is -0.333. The van der Waals surface area contributed by atoms with E-state index in [2.05, 4.69) is 11.9 Å². The Morgan fingerprint density at radius 1 is 1.25 bits per heavy atom. The van der Waals surface area contributed by atoms with E-state index in [9.17, 15) is 9.59 Å². The number of carbonyl (C=O) groups is 2. The zero-order valence-corrected chi connectivity index (χ0v) is 12.2. The van der Waals surface area contributed by atoms with E-state index in [-0.39, 0.29) is 28.3 Å². The predicted octanol–water partition coefficient (Wildman–Crippen LogP) is 2.95. The molecule has 108 valence electrons. The van der Waals surface area contributed by atoms with E-state index < -0.39 is 0 Å². The van der Waals surface area contributed by atoms with Gasteiger partial charge in [-0.25, -0.2) is 0 Å². The fourth-order valence-electron chi connectivity index (χ4n) is 2.01. The Hall–Kier alpha value is -2.10. The van der Waals surface area contributed by atoms with Gasteiger partial charge in [-0.15, -0.1) is 0 Å². The number of hydrogen-bond acceptors (Lipinski definition) is 4. The average Bonchev–Trinajstić information content (AvgIpc) is 2.30. The Morgan fingerprint density at radius 2 is 1.80 bits per heavy atom. The van der Waals surface area contributed by atoms with Crippen LogP contribution >= 0.6 is 0 Å². The third kappa shape index (κ3) is 4.53. The highest BCUT2D eigenvalue weighted by Gasteiger charge is 2.35. The van der Waals surface area contributed by atoms with E-state index in [0.717, 1.165) is 0 Å². The number of aliphatic hydroxyl groups excluding tert-OH is 1. The predicted molar refractivity (Wildman–Crippen MR) is 78.9 cm³/mol. The second-order valence-corrected chi connectivity index (χ2v) is 5.64. The van der Waals surface area contributed by atoms with Crippen LogP contribution in [-0.4, -0.2) is 16.7 Å². The number of nitrogens with one attached hydrogen (secondary N) is 1. The van der Waals surface area contributed by atoms with Gasteiger partial charge in [0.1, 0.15) is 5.76 Å². The van der Waals surface area contributed by atoms with Crippen molar-refractivity contribution in [1.29, 1.82) is 0 Å². The molecule has 0 aromatic rings. The lowest BCUT2D eigenvalue weighted by Gasteiger charge is -2.28. The molecule has 1 aliphatic carbocycles. The molecule has 0 radical (unpaired) electrons. The lowest BCUT2D eigenvalue weighted by atomic mass is 9.74. The Labute approximate surface area is 119 Å². The number of Topliss-reactive ketones (excluding diaryl/α,β-unsaturated/α-hetero) is 2. The van der Waals surface area contributed by atoms with Crippen molar-refractivity contribution in [2.45, 2.75) is 33.6 Å². The maximum Gasteiger partial charge on any atom is 0.168 e. The van der Waals surface area contributed by atoms with Crippen LogP contribution < -0.4 is 5.32 Å². The largest absolute Gasteiger partial charge is 0.509 e. The molecular weight excluding hydrogens is 254 g/mol. The third-order valence-electron chi connectivity index (χ3n) is 3.03. The molecule has 1 fully saturated rings. The SMILES string of the molecule is C=C(O)/C=C\C(=C/C)NC=C1C(=O)CC(C)(C)CC1=O. The Morgan fingerprint density at radius 3 is 2.25 bits per heavy atom. The molecule has 0 aromatic carbocycles. The van der Waals surface area contributed by atoms with Crippen molar-refractivity contribution < 1.29 is 14.7 Å². The molecule has 4 heteroatoms. The molecule has 20 heavy (non-hydrogen) atoms. The molecule has 0 aromatic heterocycles. The Bertz CT molecular complexity index is 500. The van der Waals surface area contributed by atoms with Crippen LogP contribution in [0.4, 0.5) is 0 Å². The Balaban J connectivity index is 2.82. The van der Waals surface area contributed by atoms with E-state index in [0.29, 0.717) is 18.5 Å². The van der Waals surface area contributed by atoms with Gasteiger partial charge in [0.2, 0.25) is 0 Å². The first-order valence-corrected chi connectivity index (χ1v) is 6.50. The summed E-state index contributed by atoms with van der Waals surface area (Å²) in [5.41, 5.74) is 0.613. The third-order valence-corrected chi connectivity index (χ3v) is 3.03. The van der Waals surface area contributed by atoms with Gasteiger partial charge in [-0.1, -0.05) is 26.5 Å². The summed E-state index contributed by atoms with van der Waals surface area (Å²) in [6.07, 6.45) is 6.99. The molecule has 0 atom stereocenters. The highest BCUT2D eigenvalue weighted by Crippen LogP contribution is 2.33. The topological polar surface area (TPSA) is 66.4 Å². The Kier molecular flexibility index (Phi) is 5.08. The lowest BCUT2D eigenvalue weighted by Crippen LogP contribution is -2.32. The first-order valence-electron chi connectivity index (χ1n) is 6.50. The number of rotatable bonds is 4. The van der Waals surface area contributed by atoms with Crippen LogP contribution in [0.3, 0.4) is 0 Å². The van der Waals surface area contributed by atoms with Crippen LogP contribution in [0.2, 0.25) is 0 Å². The quantitative estimate of drug-likeness (QED) is 0.358. The van der Waals surface area contributed by atoms with Crippen molar-refractivity contribution in [3.05, 3.63) is 48.0 Å². The van der Waals surface area contributed by atoms with Gasteiger partial charge in [-0.3, -0.25) is 9.59 Å². The zero-order valence-electron chi connectivity index (χ0n) is 12.2. The summed E-state index contributed by atoms with van der Waals surface area (Å²) in [6, 6.07) is 0. The van der Waals surface area contributed by atoms with Crippen LogP contribution in [0.5, 0.6) is 0 Å². The van der Waals surface area contributed by atoms with Crippen molar-refractivity contribution in [1.82, 2.24) is 5.32 Å². The molecule has 0 heterocycles. The molecule has 0 spiro atoms. The first kappa shape index (κ1) is 16.0. The van der Waals surface area contributed by atoms with E-state index in [4.69, 9.17) is 5.11 Å². The summed E-state index contributed by atoms with van der Waals surface area (Å²) < 4.78 is 0. The fraction of sp³-hybridized carbons (Fsp3) is 0.375. The van der Waals surface area contributed by atoms with Gasteiger partial charge in [0.25, 0.3) is 0 Å². The van der Waals surface area contributed by atoms with Crippen molar-refractivity contribution in [3.8, 4) is 0 Å². The van der Waals surface area contributed by atoms with Crippen LogP contribution in [0.1, 0.15) is 33.6 Å². The van der Waals surface area contributed by atoms with Crippen LogP contribution in [-0.2, 0) is 9.59 Å². The molecule has 1 aliphatic rings. The number of carbonyl (C=O) groups excluding carboxylic acids is 2. The molecule has 0 unspecified atom stereocenters. The van der Waals surface area contributed by atoms with Crippen molar-refractivity contribution in [2.24, 2.45) is 5.41 Å². The lowest BCUT2D eigenvalue weighted by molar-refractivity contribution is -0.127. The minimum atomic E-state index is -0.260. The van der Waals surface area contributed by atoms with Crippen molar-refractivity contribution >= 4 is 11.6 Å². The molecule has 0 bridgehead atoms. The van der Waals surface area contributed by atoms with E-state index in [1.807, 2.05) is 13.8 Å². The molecule has 4 nitrogen and oxygen atoms in total. The highest BCUT2D eigenvalue weighted by atomic mass is 16.3. The summed E-state index contributed by atoms with van der Waals surface area (Å²) in [6.45, 7) is 8.98. The summed E-state index contributed by atoms with van der Waals surface area (Å²) in [7, 11) is 0. The van der Waals surface area contributed by atoms with Gasteiger partial charge < -0.3 is 10.4 Å². The molecular formula is C16H21NO3. The van der Waals surface area contributed by atoms with Gasteiger partial charge in [-0.2, -0.15) is 0 Å². The maximum absolute atomic E-state index is 12.0. The van der Waals surface area contributed by atoms with Gasteiger partial charge in [0.05, 0.1) is 5.57 Å². The smallest absolute Gasteiger partial charge is 0.168 e. The second kappa shape index (κ2) is 6.37. The molecule has 0 amide bonds. The van der Waals surface area contributed by atoms with Gasteiger partial charge in [0.15, 0.2) is 11.6 Å². The molecule has 2 N–H and O–H groups in total. The average molecular weight is 275 g/mol. The van der Waals surface area contributed by atoms with E-state index >= 15 is 0 Å². The van der Waals surface area contributed by atoms with Crippen LogP contribution in [0.25, 0.3) is 0 Å². The fourth-order valence-corrected chi connectivity index (χ4v) is 2.01. The van der Waals surface area contributed by atoms with Gasteiger partial charge in [-0.05, 0) is 24.5 Å². The van der Waals surface area contributed by atoms with Crippen LogP contribution in [0, 0.1) is 5.41 Å². The monoisotopic (exact) mass is 275 g/mol. The molecule has 1 saturated carbocycles. The summed E-state index contributed by atoms with van der Waals surface area (Å²) in [4.78, 5) is 23.9. The molecule has 0 aliphatic heterocycles. The highest BCUT2D eigenvalue weighted by molar-refractivity contribution is 6.22. The van der Waals surface area contributed by atoms with Crippen molar-refractivity contribution in [3.63, 3.8) is 0 Å². The molecule has 0 saturated heterocycles. The van der Waals surface area contributed by atoms with Gasteiger partial charge >= 0.3 is 0 Å².